The van der Waals surface area contributed by atoms with Crippen molar-refractivity contribution in [1.29, 1.82) is 0 Å². The molecule has 0 fully saturated rings. The van der Waals surface area contributed by atoms with Crippen molar-refractivity contribution in [2.45, 2.75) is 13.8 Å². The number of anilines is 1. The zero-order valence-electron chi connectivity index (χ0n) is 12.4. The number of carbonyl (C=O) groups is 3. The summed E-state index contributed by atoms with van der Waals surface area (Å²) in [6, 6.07) is 6.57. The van der Waals surface area contributed by atoms with Gasteiger partial charge in [-0.15, -0.1) is 0 Å². The largest absolute Gasteiger partial charge is 0.478 e. The lowest BCUT2D eigenvalue weighted by atomic mass is 10.1. The molecule has 0 aliphatic carbocycles. The molecule has 2 amide bonds. The van der Waals surface area contributed by atoms with E-state index in [-0.39, 0.29) is 17.1 Å². The number of benzene rings is 1. The second kappa shape index (κ2) is 6.69. The van der Waals surface area contributed by atoms with Gasteiger partial charge in [-0.3, -0.25) is 9.59 Å². The van der Waals surface area contributed by atoms with E-state index >= 15 is 0 Å². The first-order chi connectivity index (χ1) is 9.75. The number of amides is 2. The number of aliphatic carboxylic acids is 1. The van der Waals surface area contributed by atoms with Crippen LogP contribution in [-0.4, -0.2) is 41.9 Å². The van der Waals surface area contributed by atoms with Crippen LogP contribution in [0.15, 0.2) is 35.4 Å². The lowest BCUT2D eigenvalue weighted by Gasteiger charge is -2.15. The number of nitrogens with one attached hydrogen (secondary N) is 1. The minimum atomic E-state index is -1.15. The molecule has 2 N–H and O–H groups in total. The van der Waals surface area contributed by atoms with E-state index in [0.29, 0.717) is 11.3 Å². The summed E-state index contributed by atoms with van der Waals surface area (Å²) < 4.78 is 0. The van der Waals surface area contributed by atoms with Crippen LogP contribution in [0.4, 0.5) is 5.69 Å². The molecule has 0 bridgehead atoms. The summed E-state index contributed by atoms with van der Waals surface area (Å²) in [6.45, 7) is 2.78. The maximum Gasteiger partial charge on any atom is 0.331 e. The Labute approximate surface area is 123 Å². The third kappa shape index (κ3) is 3.92. The van der Waals surface area contributed by atoms with Crippen molar-refractivity contribution in [3.05, 3.63) is 41.0 Å². The Bertz CT molecular complexity index is 618. The average Bonchev–Trinajstić information content (AvgIpc) is 2.45. The van der Waals surface area contributed by atoms with Crippen molar-refractivity contribution in [3.8, 4) is 0 Å². The summed E-state index contributed by atoms with van der Waals surface area (Å²) in [5, 5.41) is 11.5. The number of carbonyl (C=O) groups excluding carboxylic acids is 2. The number of hydrogen-bond acceptors (Lipinski definition) is 3. The number of carboxylic acids is 1. The van der Waals surface area contributed by atoms with E-state index in [1.54, 1.807) is 38.4 Å². The van der Waals surface area contributed by atoms with Gasteiger partial charge in [0.2, 0.25) is 0 Å². The molecule has 21 heavy (non-hydrogen) atoms. The number of para-hydroxylation sites is 1. The van der Waals surface area contributed by atoms with Gasteiger partial charge < -0.3 is 15.3 Å². The molecule has 0 saturated heterocycles. The first kappa shape index (κ1) is 16.4. The van der Waals surface area contributed by atoms with Crippen LogP contribution in [0.1, 0.15) is 24.2 Å². The van der Waals surface area contributed by atoms with Gasteiger partial charge in [-0.25, -0.2) is 4.79 Å². The number of nitrogens with zero attached hydrogens (tertiary/aromatic N) is 1. The molecule has 0 radical (unpaired) electrons. The third-order valence-electron chi connectivity index (χ3n) is 3.04. The van der Waals surface area contributed by atoms with E-state index in [2.05, 4.69) is 5.32 Å². The van der Waals surface area contributed by atoms with Crippen LogP contribution >= 0.6 is 0 Å². The maximum absolute atomic E-state index is 12.0. The zero-order valence-corrected chi connectivity index (χ0v) is 12.4. The van der Waals surface area contributed by atoms with Crippen LogP contribution in [0.25, 0.3) is 0 Å². The van der Waals surface area contributed by atoms with Crippen molar-refractivity contribution in [2.24, 2.45) is 0 Å². The molecule has 112 valence electrons. The maximum atomic E-state index is 12.0. The fourth-order valence-corrected chi connectivity index (χ4v) is 1.57. The standard InChI is InChI=1S/C15H18N2O4/c1-9(10(2)15(20)21)13(18)16-12-8-6-5-7-11(12)14(19)17(3)4/h5-8H,1-4H3,(H,16,18)(H,20,21). The second-order valence-electron chi connectivity index (χ2n) is 4.75. The minimum absolute atomic E-state index is 0.0380. The molecule has 0 unspecified atom stereocenters. The molecule has 6 nitrogen and oxygen atoms in total. The number of rotatable bonds is 4. The van der Waals surface area contributed by atoms with E-state index in [4.69, 9.17) is 5.11 Å². The van der Waals surface area contributed by atoms with Gasteiger partial charge in [-0.1, -0.05) is 12.1 Å². The Morgan fingerprint density at radius 1 is 1.05 bits per heavy atom. The predicted molar refractivity (Wildman–Crippen MR) is 79.1 cm³/mol. The van der Waals surface area contributed by atoms with Crippen LogP contribution in [-0.2, 0) is 9.59 Å². The van der Waals surface area contributed by atoms with Crippen molar-refractivity contribution >= 4 is 23.5 Å². The fraction of sp³-hybridized carbons (Fsp3) is 0.267. The number of carboxylic acid groups (broad SMARTS) is 1. The van der Waals surface area contributed by atoms with Gasteiger partial charge in [-0.2, -0.15) is 0 Å². The van der Waals surface area contributed by atoms with Crippen molar-refractivity contribution in [1.82, 2.24) is 4.90 Å². The molecule has 1 aromatic carbocycles. The summed E-state index contributed by atoms with van der Waals surface area (Å²) in [7, 11) is 3.22. The lowest BCUT2D eigenvalue weighted by molar-refractivity contribution is -0.133. The van der Waals surface area contributed by atoms with E-state index in [9.17, 15) is 14.4 Å². The Hall–Kier alpha value is -2.63. The zero-order chi connectivity index (χ0) is 16.2. The highest BCUT2D eigenvalue weighted by molar-refractivity contribution is 6.11. The van der Waals surface area contributed by atoms with Crippen LogP contribution in [0.3, 0.4) is 0 Å². The van der Waals surface area contributed by atoms with Gasteiger partial charge in [0.05, 0.1) is 11.3 Å². The van der Waals surface area contributed by atoms with Crippen LogP contribution in [0.5, 0.6) is 0 Å². The summed E-state index contributed by atoms with van der Waals surface area (Å²) in [5.41, 5.74) is 0.744. The Kier molecular flexibility index (Phi) is 5.24. The van der Waals surface area contributed by atoms with Crippen molar-refractivity contribution < 1.29 is 19.5 Å². The topological polar surface area (TPSA) is 86.7 Å². The molecular weight excluding hydrogens is 272 g/mol. The first-order valence-electron chi connectivity index (χ1n) is 6.28. The molecule has 0 aliphatic rings. The molecule has 1 rings (SSSR count). The van der Waals surface area contributed by atoms with Gasteiger partial charge in [-0.05, 0) is 26.0 Å². The average molecular weight is 290 g/mol. The summed E-state index contributed by atoms with van der Waals surface area (Å²) in [6.07, 6.45) is 0. The van der Waals surface area contributed by atoms with E-state index in [1.165, 1.54) is 18.7 Å². The smallest absolute Gasteiger partial charge is 0.331 e. The van der Waals surface area contributed by atoms with Crippen LogP contribution in [0, 0.1) is 0 Å². The normalized spacial score (nSPS) is 11.4. The third-order valence-corrected chi connectivity index (χ3v) is 3.04. The van der Waals surface area contributed by atoms with Crippen molar-refractivity contribution in [3.63, 3.8) is 0 Å². The molecule has 0 aromatic heterocycles. The molecule has 6 heteroatoms. The van der Waals surface area contributed by atoms with Gasteiger partial charge in [0.25, 0.3) is 11.8 Å². The second-order valence-corrected chi connectivity index (χ2v) is 4.75. The highest BCUT2D eigenvalue weighted by Gasteiger charge is 2.17. The SMILES string of the molecule is CC(C(=O)O)=C(C)C(=O)Nc1ccccc1C(=O)N(C)C. The van der Waals surface area contributed by atoms with Gasteiger partial charge >= 0.3 is 5.97 Å². The first-order valence-corrected chi connectivity index (χ1v) is 6.28. The van der Waals surface area contributed by atoms with E-state index < -0.39 is 11.9 Å². The molecule has 0 spiro atoms. The summed E-state index contributed by atoms with van der Waals surface area (Å²) in [5.74, 6) is -1.95. The van der Waals surface area contributed by atoms with Gasteiger partial charge in [0, 0.05) is 25.2 Å². The monoisotopic (exact) mass is 290 g/mol. The molecular formula is C15H18N2O4. The van der Waals surface area contributed by atoms with E-state index in [0.717, 1.165) is 0 Å². The lowest BCUT2D eigenvalue weighted by Crippen LogP contribution is -2.24. The Balaban J connectivity index is 3.10. The molecule has 0 atom stereocenters. The molecule has 0 aliphatic heterocycles. The van der Waals surface area contributed by atoms with Crippen LogP contribution in [0.2, 0.25) is 0 Å². The fourth-order valence-electron chi connectivity index (χ4n) is 1.57. The van der Waals surface area contributed by atoms with Gasteiger partial charge in [0.15, 0.2) is 0 Å². The van der Waals surface area contributed by atoms with Crippen LogP contribution < -0.4 is 5.32 Å². The molecule has 0 saturated carbocycles. The molecule has 1 aromatic rings. The van der Waals surface area contributed by atoms with Crippen molar-refractivity contribution in [2.75, 3.05) is 19.4 Å². The van der Waals surface area contributed by atoms with Gasteiger partial charge in [0.1, 0.15) is 0 Å². The molecule has 0 heterocycles. The minimum Gasteiger partial charge on any atom is -0.478 e. The highest BCUT2D eigenvalue weighted by atomic mass is 16.4. The predicted octanol–water partition coefficient (Wildman–Crippen LogP) is 1.75. The Morgan fingerprint density at radius 3 is 2.14 bits per heavy atom. The highest BCUT2D eigenvalue weighted by Crippen LogP contribution is 2.18. The summed E-state index contributed by atoms with van der Waals surface area (Å²) in [4.78, 5) is 36.3. The quantitative estimate of drug-likeness (QED) is 0.827. The van der Waals surface area contributed by atoms with E-state index in [1.807, 2.05) is 0 Å². The number of hydrogen-bond donors (Lipinski definition) is 2. The summed E-state index contributed by atoms with van der Waals surface area (Å²) >= 11 is 0. The Morgan fingerprint density at radius 2 is 1.62 bits per heavy atom.